The predicted molar refractivity (Wildman–Crippen MR) is 108 cm³/mol. The van der Waals surface area contributed by atoms with Gasteiger partial charge in [-0.3, -0.25) is 9.69 Å². The van der Waals surface area contributed by atoms with Gasteiger partial charge in [-0.05, 0) is 43.7 Å². The van der Waals surface area contributed by atoms with Crippen molar-refractivity contribution in [1.29, 1.82) is 0 Å². The Bertz CT molecular complexity index is 945. The number of carbonyl (C=O) groups is 1. The molecule has 1 atom stereocenters. The predicted octanol–water partition coefficient (Wildman–Crippen LogP) is 4.54. The molecule has 0 unspecified atom stereocenters. The van der Waals surface area contributed by atoms with Crippen LogP contribution in [0.1, 0.15) is 29.0 Å². The monoisotopic (exact) mass is 379 g/mol. The fraction of sp³-hybridized carbons (Fsp3) is 0.348. The number of carbonyl (C=O) groups excluding carboxylic acids is 1. The number of hydrogen-bond acceptors (Lipinski definition) is 5. The van der Waals surface area contributed by atoms with Gasteiger partial charge in [0.2, 0.25) is 0 Å². The van der Waals surface area contributed by atoms with E-state index in [9.17, 15) is 4.79 Å². The van der Waals surface area contributed by atoms with E-state index < -0.39 is 0 Å². The number of ether oxygens (including phenoxy) is 2. The molecule has 0 spiro atoms. The van der Waals surface area contributed by atoms with Gasteiger partial charge in [-0.2, -0.15) is 0 Å². The molecule has 28 heavy (non-hydrogen) atoms. The molecule has 1 aliphatic rings. The number of rotatable bonds is 6. The number of nitrogens with zero attached hydrogens (tertiary/aromatic N) is 1. The average Bonchev–Trinajstić information content (AvgIpc) is 3.15. The van der Waals surface area contributed by atoms with Crippen molar-refractivity contribution in [3.63, 3.8) is 0 Å². The topological polar surface area (TPSA) is 51.9 Å². The Labute approximate surface area is 164 Å². The maximum absolute atomic E-state index is 13.1. The lowest BCUT2D eigenvalue weighted by molar-refractivity contribution is 0.0800. The zero-order chi connectivity index (χ0) is 19.5. The van der Waals surface area contributed by atoms with Crippen LogP contribution in [0.15, 0.2) is 52.9 Å². The number of para-hydroxylation sites is 1. The summed E-state index contributed by atoms with van der Waals surface area (Å²) in [6.07, 6.45) is 1.89. The van der Waals surface area contributed by atoms with Gasteiger partial charge in [0.1, 0.15) is 22.8 Å². The second kappa shape index (κ2) is 8.07. The van der Waals surface area contributed by atoms with E-state index in [0.29, 0.717) is 17.1 Å². The molecule has 1 aliphatic heterocycles. The lowest BCUT2D eigenvalue weighted by Crippen LogP contribution is -2.38. The van der Waals surface area contributed by atoms with Crippen molar-refractivity contribution >= 4 is 16.8 Å². The lowest BCUT2D eigenvalue weighted by atomic mass is 9.89. The van der Waals surface area contributed by atoms with Crippen LogP contribution < -0.4 is 9.47 Å². The zero-order valence-electron chi connectivity index (χ0n) is 16.3. The first-order valence-electron chi connectivity index (χ1n) is 9.64. The molecule has 5 heteroatoms. The zero-order valence-corrected chi connectivity index (χ0v) is 16.3. The van der Waals surface area contributed by atoms with Gasteiger partial charge in [-0.15, -0.1) is 0 Å². The number of ketones is 1. The number of Topliss-reactive ketones (excluding diaryl/α,β-unsaturated/α-hetero) is 1. The van der Waals surface area contributed by atoms with Crippen LogP contribution in [0.25, 0.3) is 11.0 Å². The third kappa shape index (κ3) is 3.76. The third-order valence-corrected chi connectivity index (χ3v) is 5.41. The van der Waals surface area contributed by atoms with Gasteiger partial charge in [-0.25, -0.2) is 0 Å². The van der Waals surface area contributed by atoms with E-state index in [0.717, 1.165) is 49.2 Å². The molecule has 0 bridgehead atoms. The number of benzene rings is 2. The molecule has 4 rings (SSSR count). The summed E-state index contributed by atoms with van der Waals surface area (Å²) in [5.41, 5.74) is 1.53. The van der Waals surface area contributed by atoms with Gasteiger partial charge in [0, 0.05) is 23.9 Å². The Hall–Kier alpha value is -2.79. The second-order valence-electron chi connectivity index (χ2n) is 7.26. The van der Waals surface area contributed by atoms with E-state index in [1.165, 1.54) is 0 Å². The molecule has 2 heterocycles. The van der Waals surface area contributed by atoms with Crippen LogP contribution in [0.2, 0.25) is 0 Å². The minimum Gasteiger partial charge on any atom is -0.497 e. The Morgan fingerprint density at radius 2 is 2.00 bits per heavy atom. The van der Waals surface area contributed by atoms with Crippen molar-refractivity contribution in [1.82, 2.24) is 4.90 Å². The molecule has 0 saturated carbocycles. The van der Waals surface area contributed by atoms with E-state index in [-0.39, 0.29) is 11.7 Å². The summed E-state index contributed by atoms with van der Waals surface area (Å²) in [6, 6.07) is 15.5. The summed E-state index contributed by atoms with van der Waals surface area (Å²) in [5.74, 6) is 2.29. The number of piperidine rings is 1. The van der Waals surface area contributed by atoms with Crippen molar-refractivity contribution in [2.24, 2.45) is 5.92 Å². The molecule has 0 N–H and O–H groups in total. The third-order valence-electron chi connectivity index (χ3n) is 5.41. The molecule has 3 aromatic rings. The maximum atomic E-state index is 13.1. The van der Waals surface area contributed by atoms with Gasteiger partial charge >= 0.3 is 0 Å². The van der Waals surface area contributed by atoms with E-state index >= 15 is 0 Å². The van der Waals surface area contributed by atoms with Crippen molar-refractivity contribution < 1.29 is 18.7 Å². The summed E-state index contributed by atoms with van der Waals surface area (Å²) in [7, 11) is 3.19. The average molecular weight is 379 g/mol. The molecule has 1 fully saturated rings. The minimum atomic E-state index is -0.0413. The van der Waals surface area contributed by atoms with Crippen LogP contribution in [0.5, 0.6) is 11.5 Å². The molecule has 1 aromatic heterocycles. The smallest absolute Gasteiger partial charge is 0.170 e. The first kappa shape index (κ1) is 18.6. The number of hydrogen-bond donors (Lipinski definition) is 0. The first-order chi connectivity index (χ1) is 13.7. The summed E-state index contributed by atoms with van der Waals surface area (Å²) in [4.78, 5) is 15.5. The standard InChI is InChI=1S/C23H25NO4/c1-26-18-9-10-20(22(13-18)27-2)23(25)17-7-5-11-24(14-17)15-19-12-16-6-3-4-8-21(16)28-19/h3-4,6,8-10,12-13,17H,5,7,11,14-15H2,1-2H3/t17-/m0/s1. The summed E-state index contributed by atoms with van der Waals surface area (Å²) in [6.45, 7) is 2.42. The molecular formula is C23H25NO4. The van der Waals surface area contributed by atoms with Crippen LogP contribution in [-0.2, 0) is 6.54 Å². The van der Waals surface area contributed by atoms with Gasteiger partial charge in [0.05, 0.1) is 26.3 Å². The molecule has 0 amide bonds. The fourth-order valence-electron chi connectivity index (χ4n) is 3.97. The SMILES string of the molecule is COc1ccc(C(=O)[C@H]2CCCN(Cc3cc4ccccc4o3)C2)c(OC)c1. The Balaban J connectivity index is 1.48. The van der Waals surface area contributed by atoms with Gasteiger partial charge < -0.3 is 13.9 Å². The Morgan fingerprint density at radius 3 is 2.79 bits per heavy atom. The fourth-order valence-corrected chi connectivity index (χ4v) is 3.97. The molecule has 1 saturated heterocycles. The minimum absolute atomic E-state index is 0.0413. The Kier molecular flexibility index (Phi) is 5.35. The van der Waals surface area contributed by atoms with Crippen LogP contribution in [0.3, 0.4) is 0 Å². The summed E-state index contributed by atoms with van der Waals surface area (Å²) < 4.78 is 16.6. The van der Waals surface area contributed by atoms with Crippen LogP contribution in [0, 0.1) is 5.92 Å². The highest BCUT2D eigenvalue weighted by Gasteiger charge is 2.29. The maximum Gasteiger partial charge on any atom is 0.170 e. The van der Waals surface area contributed by atoms with Crippen molar-refractivity contribution in [3.8, 4) is 11.5 Å². The molecule has 0 radical (unpaired) electrons. The highest BCUT2D eigenvalue weighted by atomic mass is 16.5. The van der Waals surface area contributed by atoms with Crippen molar-refractivity contribution in [2.45, 2.75) is 19.4 Å². The van der Waals surface area contributed by atoms with Gasteiger partial charge in [0.25, 0.3) is 0 Å². The summed E-state index contributed by atoms with van der Waals surface area (Å²) in [5, 5.41) is 1.12. The number of furan rings is 1. The lowest BCUT2D eigenvalue weighted by Gasteiger charge is -2.31. The number of fused-ring (bicyclic) bond motifs is 1. The van der Waals surface area contributed by atoms with Crippen LogP contribution in [0.4, 0.5) is 0 Å². The molecule has 146 valence electrons. The first-order valence-corrected chi connectivity index (χ1v) is 9.64. The molecular weight excluding hydrogens is 354 g/mol. The van der Waals surface area contributed by atoms with E-state index in [1.54, 1.807) is 26.4 Å². The quantitative estimate of drug-likeness (QED) is 0.588. The second-order valence-corrected chi connectivity index (χ2v) is 7.26. The number of likely N-dealkylation sites (tertiary alicyclic amines) is 1. The van der Waals surface area contributed by atoms with Gasteiger partial charge in [0.15, 0.2) is 5.78 Å². The van der Waals surface area contributed by atoms with Gasteiger partial charge in [-0.1, -0.05) is 18.2 Å². The van der Waals surface area contributed by atoms with E-state index in [2.05, 4.69) is 17.0 Å². The van der Waals surface area contributed by atoms with E-state index in [1.807, 2.05) is 24.3 Å². The number of methoxy groups -OCH3 is 2. The largest absolute Gasteiger partial charge is 0.497 e. The van der Waals surface area contributed by atoms with E-state index in [4.69, 9.17) is 13.9 Å². The molecule has 5 nitrogen and oxygen atoms in total. The summed E-state index contributed by atoms with van der Waals surface area (Å²) >= 11 is 0. The highest BCUT2D eigenvalue weighted by molar-refractivity contribution is 6.00. The van der Waals surface area contributed by atoms with Crippen molar-refractivity contribution in [3.05, 3.63) is 59.9 Å². The van der Waals surface area contributed by atoms with Crippen LogP contribution >= 0.6 is 0 Å². The normalized spacial score (nSPS) is 17.6. The highest BCUT2D eigenvalue weighted by Crippen LogP contribution is 2.30. The Morgan fingerprint density at radius 1 is 1.14 bits per heavy atom. The molecule has 0 aliphatic carbocycles. The molecule has 2 aromatic carbocycles. The van der Waals surface area contributed by atoms with Crippen LogP contribution in [-0.4, -0.2) is 38.0 Å². The van der Waals surface area contributed by atoms with Crippen molar-refractivity contribution in [2.75, 3.05) is 27.3 Å².